The zero-order chi connectivity index (χ0) is 18.6. The second-order valence-corrected chi connectivity index (χ2v) is 7.19. The summed E-state index contributed by atoms with van der Waals surface area (Å²) in [7, 11) is 0. The Morgan fingerprint density at radius 2 is 1.89 bits per heavy atom. The van der Waals surface area contributed by atoms with E-state index >= 15 is 0 Å². The molecule has 3 aromatic heterocycles. The highest BCUT2D eigenvalue weighted by Gasteiger charge is 2.14. The van der Waals surface area contributed by atoms with E-state index in [-0.39, 0.29) is 5.69 Å². The number of hydrogen-bond acceptors (Lipinski definition) is 8. The van der Waals surface area contributed by atoms with Gasteiger partial charge in [0.15, 0.2) is 17.4 Å². The molecule has 0 aliphatic rings. The fourth-order valence-electron chi connectivity index (χ4n) is 2.28. The number of carbonyl (C=O) groups is 2. The summed E-state index contributed by atoms with van der Waals surface area (Å²) in [4.78, 5) is 37.8. The lowest BCUT2D eigenvalue weighted by Gasteiger charge is -2.04. The van der Waals surface area contributed by atoms with Gasteiger partial charge in [0.2, 0.25) is 0 Å². The van der Waals surface area contributed by atoms with Gasteiger partial charge < -0.3 is 4.74 Å². The van der Waals surface area contributed by atoms with E-state index in [9.17, 15) is 9.59 Å². The van der Waals surface area contributed by atoms with E-state index in [1.807, 2.05) is 29.0 Å². The van der Waals surface area contributed by atoms with Crippen molar-refractivity contribution in [3.8, 4) is 10.6 Å². The molecule has 0 saturated heterocycles. The monoisotopic (exact) mass is 396 g/mol. The highest BCUT2D eigenvalue weighted by Crippen LogP contribution is 2.28. The zero-order valence-corrected chi connectivity index (χ0v) is 15.4. The first kappa shape index (κ1) is 17.3. The van der Waals surface area contributed by atoms with Gasteiger partial charge in [0.05, 0.1) is 27.8 Å². The number of anilines is 1. The van der Waals surface area contributed by atoms with Crippen LogP contribution >= 0.6 is 22.7 Å². The minimum absolute atomic E-state index is 0.0516. The normalized spacial score (nSPS) is 10.7. The molecule has 134 valence electrons. The molecule has 9 heteroatoms. The van der Waals surface area contributed by atoms with Crippen LogP contribution in [-0.2, 0) is 9.53 Å². The average molecular weight is 396 g/mol. The lowest BCUT2D eigenvalue weighted by Crippen LogP contribution is -2.21. The molecular weight excluding hydrogens is 384 g/mol. The maximum Gasteiger partial charge on any atom is 0.359 e. The van der Waals surface area contributed by atoms with Crippen LogP contribution in [0.5, 0.6) is 0 Å². The number of aromatic nitrogens is 3. The van der Waals surface area contributed by atoms with Crippen LogP contribution in [0, 0.1) is 0 Å². The second-order valence-electron chi connectivity index (χ2n) is 5.38. The fourth-order valence-corrected chi connectivity index (χ4v) is 3.77. The molecule has 0 atom stereocenters. The number of benzene rings is 1. The Hall–Kier alpha value is -3.17. The van der Waals surface area contributed by atoms with E-state index in [0.29, 0.717) is 16.2 Å². The minimum Gasteiger partial charge on any atom is -0.451 e. The average Bonchev–Trinajstić information content (AvgIpc) is 3.37. The minimum atomic E-state index is -0.707. The van der Waals surface area contributed by atoms with Crippen molar-refractivity contribution in [3.63, 3.8) is 0 Å². The molecule has 7 nitrogen and oxygen atoms in total. The molecule has 1 N–H and O–H groups in total. The molecule has 0 saturated carbocycles. The van der Waals surface area contributed by atoms with Crippen molar-refractivity contribution >= 4 is 50.7 Å². The van der Waals surface area contributed by atoms with E-state index in [4.69, 9.17) is 4.74 Å². The van der Waals surface area contributed by atoms with Crippen LogP contribution in [0.2, 0.25) is 0 Å². The number of esters is 1. The summed E-state index contributed by atoms with van der Waals surface area (Å²) >= 11 is 2.88. The summed E-state index contributed by atoms with van der Waals surface area (Å²) in [6.45, 7) is -0.429. The number of fused-ring (bicyclic) bond motifs is 1. The Balaban J connectivity index is 1.35. The van der Waals surface area contributed by atoms with Crippen molar-refractivity contribution < 1.29 is 14.3 Å². The fraction of sp³-hybridized carbons (Fsp3) is 0.0556. The van der Waals surface area contributed by atoms with Crippen molar-refractivity contribution in [1.82, 2.24) is 15.0 Å². The molecule has 4 aromatic rings. The smallest absolute Gasteiger partial charge is 0.359 e. The van der Waals surface area contributed by atoms with Crippen molar-refractivity contribution in [2.45, 2.75) is 0 Å². The van der Waals surface area contributed by atoms with Crippen LogP contribution in [0.25, 0.3) is 21.6 Å². The van der Waals surface area contributed by atoms with Crippen LogP contribution in [0.1, 0.15) is 10.5 Å². The predicted molar refractivity (Wildman–Crippen MR) is 104 cm³/mol. The van der Waals surface area contributed by atoms with Gasteiger partial charge in [0, 0.05) is 5.38 Å². The number of para-hydroxylation sites is 2. The molecule has 0 aliphatic carbocycles. The molecule has 3 heterocycles. The van der Waals surface area contributed by atoms with Crippen molar-refractivity contribution in [3.05, 3.63) is 59.0 Å². The lowest BCUT2D eigenvalue weighted by molar-refractivity contribution is -0.119. The molecule has 0 fully saturated rings. The van der Waals surface area contributed by atoms with Gasteiger partial charge in [0.1, 0.15) is 0 Å². The molecule has 0 radical (unpaired) electrons. The zero-order valence-electron chi connectivity index (χ0n) is 13.8. The first-order chi connectivity index (χ1) is 13.2. The number of nitrogens with one attached hydrogen (secondary N) is 1. The third-order valence-electron chi connectivity index (χ3n) is 3.52. The van der Waals surface area contributed by atoms with Gasteiger partial charge in [0.25, 0.3) is 5.91 Å². The number of hydrogen-bond donors (Lipinski definition) is 1. The molecule has 0 spiro atoms. The Morgan fingerprint density at radius 1 is 1.04 bits per heavy atom. The van der Waals surface area contributed by atoms with E-state index in [2.05, 4.69) is 20.3 Å². The van der Waals surface area contributed by atoms with Gasteiger partial charge in [-0.2, -0.15) is 0 Å². The summed E-state index contributed by atoms with van der Waals surface area (Å²) in [5, 5.41) is 6.89. The van der Waals surface area contributed by atoms with Gasteiger partial charge in [-0.15, -0.1) is 22.7 Å². The number of thiazole rings is 1. The van der Waals surface area contributed by atoms with Gasteiger partial charge in [-0.1, -0.05) is 18.2 Å². The van der Waals surface area contributed by atoms with E-state index in [1.54, 1.807) is 29.5 Å². The number of carbonyl (C=O) groups excluding carboxylic acids is 2. The Morgan fingerprint density at radius 3 is 2.70 bits per heavy atom. The molecule has 0 bridgehead atoms. The highest BCUT2D eigenvalue weighted by atomic mass is 32.1. The molecule has 0 aliphatic heterocycles. The molecule has 4 rings (SSSR count). The molecule has 1 amide bonds. The third-order valence-corrected chi connectivity index (χ3v) is 5.17. The summed E-state index contributed by atoms with van der Waals surface area (Å²) in [5.74, 6) is -1.18. The maximum absolute atomic E-state index is 12.1. The first-order valence-corrected chi connectivity index (χ1v) is 9.63. The summed E-state index contributed by atoms with van der Waals surface area (Å²) in [6, 6.07) is 11.1. The third kappa shape index (κ3) is 3.99. The Labute approximate surface area is 161 Å². The van der Waals surface area contributed by atoms with E-state index < -0.39 is 18.5 Å². The Bertz CT molecular complexity index is 1110. The van der Waals surface area contributed by atoms with Crippen molar-refractivity contribution in [2.24, 2.45) is 0 Å². The molecular formula is C18H12N4O3S2. The SMILES string of the molecule is O=C(COC(=O)c1cnc2ccccc2n1)Nc1nc(-c2cccs2)cs1. The van der Waals surface area contributed by atoms with E-state index in [1.165, 1.54) is 17.5 Å². The van der Waals surface area contributed by atoms with Crippen molar-refractivity contribution in [1.29, 1.82) is 0 Å². The van der Waals surface area contributed by atoms with Crippen LogP contribution in [0.3, 0.4) is 0 Å². The molecule has 1 aromatic carbocycles. The summed E-state index contributed by atoms with van der Waals surface area (Å²) in [6.07, 6.45) is 1.33. The topological polar surface area (TPSA) is 94.1 Å². The van der Waals surface area contributed by atoms with Crippen LogP contribution < -0.4 is 5.32 Å². The lowest BCUT2D eigenvalue weighted by atomic mass is 10.3. The predicted octanol–water partition coefficient (Wildman–Crippen LogP) is 3.61. The van der Waals surface area contributed by atoms with Crippen molar-refractivity contribution in [2.75, 3.05) is 11.9 Å². The number of amides is 1. The summed E-state index contributed by atoms with van der Waals surface area (Å²) < 4.78 is 5.02. The highest BCUT2D eigenvalue weighted by molar-refractivity contribution is 7.16. The van der Waals surface area contributed by atoms with Crippen LogP contribution in [0.15, 0.2) is 53.4 Å². The molecule has 27 heavy (non-hydrogen) atoms. The maximum atomic E-state index is 12.1. The van der Waals surface area contributed by atoms with Gasteiger partial charge in [-0.05, 0) is 23.6 Å². The Kier molecular flexibility index (Phi) is 4.86. The van der Waals surface area contributed by atoms with E-state index in [0.717, 1.165) is 10.6 Å². The number of nitrogens with zero attached hydrogens (tertiary/aromatic N) is 3. The largest absolute Gasteiger partial charge is 0.451 e. The van der Waals surface area contributed by atoms with Gasteiger partial charge in [-0.25, -0.2) is 14.8 Å². The van der Waals surface area contributed by atoms with Gasteiger partial charge >= 0.3 is 5.97 Å². The quantitative estimate of drug-likeness (QED) is 0.518. The summed E-state index contributed by atoms with van der Waals surface area (Å²) in [5.41, 5.74) is 2.11. The molecule has 0 unspecified atom stereocenters. The standard InChI is InChI=1S/C18H12N4O3S2/c23-16(22-18-21-14(10-27-18)15-6-3-7-26-15)9-25-17(24)13-8-19-11-4-1-2-5-12(11)20-13/h1-8,10H,9H2,(H,21,22,23). The second kappa shape index (κ2) is 7.60. The van der Waals surface area contributed by atoms with Gasteiger partial charge in [-0.3, -0.25) is 15.1 Å². The number of thiophene rings is 1. The van der Waals surface area contributed by atoms with Crippen LogP contribution in [0.4, 0.5) is 5.13 Å². The number of rotatable bonds is 5. The first-order valence-electron chi connectivity index (χ1n) is 7.87. The number of ether oxygens (including phenoxy) is 1. The van der Waals surface area contributed by atoms with Crippen LogP contribution in [-0.4, -0.2) is 33.4 Å².